The number of ether oxygens (including phenoxy) is 1. The molecule has 1 aliphatic rings. The number of imidazole rings is 1. The van der Waals surface area contributed by atoms with Gasteiger partial charge in [-0.1, -0.05) is 12.1 Å². The molecule has 0 amide bonds. The third-order valence-electron chi connectivity index (χ3n) is 4.64. The minimum atomic E-state index is -4.35. The molecule has 1 N–H and O–H groups in total. The highest BCUT2D eigenvalue weighted by molar-refractivity contribution is 5.47. The number of alkyl halides is 3. The largest absolute Gasteiger partial charge is 0.490 e. The van der Waals surface area contributed by atoms with Crippen molar-refractivity contribution in [1.82, 2.24) is 14.7 Å². The number of rotatable bonds is 5. The van der Waals surface area contributed by atoms with Crippen LogP contribution in [-0.2, 0) is 12.7 Å². The van der Waals surface area contributed by atoms with E-state index in [0.29, 0.717) is 12.6 Å². The lowest BCUT2D eigenvalue weighted by Gasteiger charge is -2.36. The monoisotopic (exact) mass is 361 g/mol. The van der Waals surface area contributed by atoms with Crippen LogP contribution in [-0.4, -0.2) is 21.5 Å². The van der Waals surface area contributed by atoms with Crippen LogP contribution in [0, 0.1) is 0 Å². The van der Waals surface area contributed by atoms with E-state index in [1.54, 1.807) is 12.3 Å². The Balaban J connectivity index is 1.29. The number of benzene rings is 1. The van der Waals surface area contributed by atoms with Crippen molar-refractivity contribution in [1.29, 1.82) is 0 Å². The normalized spacial score (nSPS) is 20.1. The molecule has 26 heavy (non-hydrogen) atoms. The molecule has 2 heterocycles. The van der Waals surface area contributed by atoms with E-state index in [-0.39, 0.29) is 11.9 Å². The van der Waals surface area contributed by atoms with Gasteiger partial charge in [-0.2, -0.15) is 13.2 Å². The van der Waals surface area contributed by atoms with Gasteiger partial charge in [-0.25, -0.2) is 4.98 Å². The number of aromatic nitrogens is 2. The number of pyridine rings is 1. The van der Waals surface area contributed by atoms with Crippen molar-refractivity contribution in [2.75, 3.05) is 0 Å². The van der Waals surface area contributed by atoms with E-state index in [2.05, 4.69) is 10.3 Å². The number of nitrogens with one attached hydrogen (secondary N) is 1. The van der Waals surface area contributed by atoms with Gasteiger partial charge in [0.1, 0.15) is 17.5 Å². The molecule has 3 aromatic rings. The fourth-order valence-electron chi connectivity index (χ4n) is 3.17. The van der Waals surface area contributed by atoms with Gasteiger partial charge >= 0.3 is 6.18 Å². The van der Waals surface area contributed by atoms with Gasteiger partial charge in [0.15, 0.2) is 0 Å². The first-order valence-electron chi connectivity index (χ1n) is 8.47. The molecule has 0 atom stereocenters. The van der Waals surface area contributed by atoms with E-state index in [4.69, 9.17) is 4.74 Å². The Morgan fingerprint density at radius 1 is 1.15 bits per heavy atom. The minimum Gasteiger partial charge on any atom is -0.490 e. The number of nitrogens with zero attached hydrogens (tertiary/aromatic N) is 2. The topological polar surface area (TPSA) is 38.6 Å². The quantitative estimate of drug-likeness (QED) is 0.745. The maximum atomic E-state index is 12.7. The van der Waals surface area contributed by atoms with Crippen molar-refractivity contribution in [2.24, 2.45) is 0 Å². The first kappa shape index (κ1) is 16.9. The lowest BCUT2D eigenvalue weighted by Crippen LogP contribution is -2.46. The van der Waals surface area contributed by atoms with Gasteiger partial charge in [-0.05, 0) is 37.1 Å². The molecular formula is C19H18F3N3O. The lowest BCUT2D eigenvalue weighted by atomic mass is 9.89. The number of fused-ring (bicyclic) bond motifs is 1. The van der Waals surface area contributed by atoms with Crippen LogP contribution < -0.4 is 10.1 Å². The Kier molecular flexibility index (Phi) is 4.32. The standard InChI is InChI=1S/C19H18F3N3O/c20-19(21,22)14-4-1-5-16(9-14)26-17-10-15(11-17)24-12-13-3-2-7-25-8-6-23-18(13)25/h1-9,15,17,24H,10-12H2/t15-,17-. The maximum Gasteiger partial charge on any atom is 0.416 e. The molecule has 4 rings (SSSR count). The average Bonchev–Trinajstić information content (AvgIpc) is 3.05. The van der Waals surface area contributed by atoms with Crippen LogP contribution in [0.25, 0.3) is 5.65 Å². The van der Waals surface area contributed by atoms with Crippen molar-refractivity contribution in [2.45, 2.75) is 37.7 Å². The molecule has 1 aliphatic carbocycles. The smallest absolute Gasteiger partial charge is 0.416 e. The Labute approximate surface area is 148 Å². The Bertz CT molecular complexity index is 900. The molecule has 136 valence electrons. The van der Waals surface area contributed by atoms with Crippen molar-refractivity contribution >= 4 is 5.65 Å². The van der Waals surface area contributed by atoms with E-state index in [0.717, 1.165) is 36.2 Å². The third-order valence-corrected chi connectivity index (χ3v) is 4.64. The van der Waals surface area contributed by atoms with Crippen LogP contribution >= 0.6 is 0 Å². The number of hydrogen-bond acceptors (Lipinski definition) is 3. The highest BCUT2D eigenvalue weighted by atomic mass is 19.4. The highest BCUT2D eigenvalue weighted by Crippen LogP contribution is 2.33. The first-order valence-corrected chi connectivity index (χ1v) is 8.47. The van der Waals surface area contributed by atoms with E-state index in [1.165, 1.54) is 6.07 Å². The first-order chi connectivity index (χ1) is 12.5. The van der Waals surface area contributed by atoms with Crippen molar-refractivity contribution in [3.63, 3.8) is 0 Å². The molecule has 2 aromatic heterocycles. The van der Waals surface area contributed by atoms with Gasteiger partial charge < -0.3 is 14.5 Å². The molecule has 0 saturated heterocycles. The second kappa shape index (κ2) is 6.64. The van der Waals surface area contributed by atoms with Gasteiger partial charge in [-0.3, -0.25) is 0 Å². The second-order valence-corrected chi connectivity index (χ2v) is 6.51. The van der Waals surface area contributed by atoms with E-state index in [1.807, 2.05) is 28.9 Å². The summed E-state index contributed by atoms with van der Waals surface area (Å²) in [6.07, 6.45) is 2.76. The summed E-state index contributed by atoms with van der Waals surface area (Å²) < 4.78 is 45.9. The summed E-state index contributed by atoms with van der Waals surface area (Å²) in [5.41, 5.74) is 1.35. The van der Waals surface area contributed by atoms with Crippen LogP contribution in [0.3, 0.4) is 0 Å². The lowest BCUT2D eigenvalue weighted by molar-refractivity contribution is -0.137. The zero-order valence-electron chi connectivity index (χ0n) is 13.9. The zero-order valence-corrected chi connectivity index (χ0v) is 13.9. The molecule has 4 nitrogen and oxygen atoms in total. The second-order valence-electron chi connectivity index (χ2n) is 6.51. The molecular weight excluding hydrogens is 343 g/mol. The molecule has 0 unspecified atom stereocenters. The van der Waals surface area contributed by atoms with E-state index < -0.39 is 11.7 Å². The molecule has 7 heteroatoms. The van der Waals surface area contributed by atoms with Crippen LogP contribution in [0.15, 0.2) is 55.0 Å². The van der Waals surface area contributed by atoms with E-state index in [9.17, 15) is 13.2 Å². The van der Waals surface area contributed by atoms with Crippen LogP contribution in [0.1, 0.15) is 24.0 Å². The molecule has 0 bridgehead atoms. The molecule has 1 saturated carbocycles. The zero-order chi connectivity index (χ0) is 18.1. The summed E-state index contributed by atoms with van der Waals surface area (Å²) in [4.78, 5) is 4.35. The SMILES string of the molecule is FC(F)(F)c1cccc(O[C@H]2C[C@H](NCc3cccn4ccnc34)C2)c1. The summed E-state index contributed by atoms with van der Waals surface area (Å²) in [6.45, 7) is 0.697. The predicted molar refractivity (Wildman–Crippen MR) is 90.9 cm³/mol. The maximum absolute atomic E-state index is 12.7. The number of halogens is 3. The van der Waals surface area contributed by atoms with Crippen LogP contribution in [0.4, 0.5) is 13.2 Å². The van der Waals surface area contributed by atoms with E-state index >= 15 is 0 Å². The van der Waals surface area contributed by atoms with Crippen molar-refractivity contribution in [3.8, 4) is 5.75 Å². The summed E-state index contributed by atoms with van der Waals surface area (Å²) >= 11 is 0. The van der Waals surface area contributed by atoms with Gasteiger partial charge in [0, 0.05) is 36.7 Å². The van der Waals surface area contributed by atoms with Crippen molar-refractivity contribution < 1.29 is 17.9 Å². The molecule has 0 radical (unpaired) electrons. The summed E-state index contributed by atoms with van der Waals surface area (Å²) in [7, 11) is 0. The highest BCUT2D eigenvalue weighted by Gasteiger charge is 2.33. The van der Waals surface area contributed by atoms with Gasteiger partial charge in [0.25, 0.3) is 0 Å². The summed E-state index contributed by atoms with van der Waals surface area (Å²) in [5.74, 6) is 0.269. The van der Waals surface area contributed by atoms with Gasteiger partial charge in [0.05, 0.1) is 5.56 Å². The van der Waals surface area contributed by atoms with Crippen LogP contribution in [0.5, 0.6) is 5.75 Å². The summed E-state index contributed by atoms with van der Waals surface area (Å²) in [6, 6.07) is 9.35. The van der Waals surface area contributed by atoms with Crippen molar-refractivity contribution in [3.05, 3.63) is 66.1 Å². The Morgan fingerprint density at radius 2 is 2.00 bits per heavy atom. The summed E-state index contributed by atoms with van der Waals surface area (Å²) in [5, 5.41) is 3.46. The molecule has 1 fully saturated rings. The minimum absolute atomic E-state index is 0.0572. The fraction of sp³-hybridized carbons (Fsp3) is 0.316. The molecule has 0 spiro atoms. The number of hydrogen-bond donors (Lipinski definition) is 1. The van der Waals surface area contributed by atoms with Gasteiger partial charge in [0.2, 0.25) is 0 Å². The fourth-order valence-corrected chi connectivity index (χ4v) is 3.17. The Morgan fingerprint density at radius 3 is 2.81 bits per heavy atom. The third kappa shape index (κ3) is 3.53. The van der Waals surface area contributed by atoms with Gasteiger partial charge in [-0.15, -0.1) is 0 Å². The Hall–Kier alpha value is -2.54. The van der Waals surface area contributed by atoms with Crippen LogP contribution in [0.2, 0.25) is 0 Å². The molecule has 0 aliphatic heterocycles. The average molecular weight is 361 g/mol. The molecule has 1 aromatic carbocycles. The predicted octanol–water partition coefficient (Wildman–Crippen LogP) is 4.05.